The smallest absolute Gasteiger partial charge is 0.387 e. The molecule has 1 aromatic rings. The summed E-state index contributed by atoms with van der Waals surface area (Å²) in [5, 5.41) is 0. The number of hydrogen-bond acceptors (Lipinski definition) is 3. The molecule has 0 aromatic heterocycles. The van der Waals surface area contributed by atoms with E-state index >= 15 is 0 Å². The summed E-state index contributed by atoms with van der Waals surface area (Å²) in [5.74, 6) is 0.0838. The van der Waals surface area contributed by atoms with E-state index in [1.807, 2.05) is 0 Å². The van der Waals surface area contributed by atoms with Crippen LogP contribution in [0.25, 0.3) is 0 Å². The third-order valence-electron chi connectivity index (χ3n) is 1.79. The van der Waals surface area contributed by atoms with Crippen molar-refractivity contribution in [2.75, 3.05) is 6.54 Å². The molecule has 0 heterocycles. The Hall–Kier alpha value is -1.20. The molecule has 0 saturated carbocycles. The highest BCUT2D eigenvalue weighted by atomic mass is 19.3. The molecule has 4 N–H and O–H groups in total. The van der Waals surface area contributed by atoms with Gasteiger partial charge in [-0.25, -0.2) is 0 Å². The van der Waals surface area contributed by atoms with Crippen molar-refractivity contribution < 1.29 is 13.5 Å². The highest BCUT2D eigenvalue weighted by Gasteiger charge is 2.13. The van der Waals surface area contributed by atoms with Crippen LogP contribution in [0.4, 0.5) is 8.78 Å². The molecule has 0 aliphatic rings. The molecule has 0 saturated heterocycles. The third kappa shape index (κ3) is 2.65. The molecule has 0 spiro atoms. The van der Waals surface area contributed by atoms with Crippen LogP contribution >= 0.6 is 0 Å². The van der Waals surface area contributed by atoms with Crippen molar-refractivity contribution >= 4 is 0 Å². The first-order valence-electron chi connectivity index (χ1n) is 4.14. The molecule has 1 atom stereocenters. The summed E-state index contributed by atoms with van der Waals surface area (Å²) in [6.45, 7) is -2.66. The molecule has 0 aliphatic carbocycles. The fraction of sp³-hybridized carbons (Fsp3) is 0.333. The number of nitrogens with two attached hydrogens (primary N) is 2. The predicted molar refractivity (Wildman–Crippen MR) is 49.1 cm³/mol. The normalized spacial score (nSPS) is 12.9. The summed E-state index contributed by atoms with van der Waals surface area (Å²) < 4.78 is 28.2. The lowest BCUT2D eigenvalue weighted by Crippen LogP contribution is -2.21. The maximum atomic E-state index is 12.0. The van der Waals surface area contributed by atoms with Crippen molar-refractivity contribution in [1.29, 1.82) is 0 Å². The van der Waals surface area contributed by atoms with Crippen molar-refractivity contribution in [1.82, 2.24) is 0 Å². The highest BCUT2D eigenvalue weighted by molar-refractivity contribution is 5.35. The summed E-state index contributed by atoms with van der Waals surface area (Å²) in [7, 11) is 0. The van der Waals surface area contributed by atoms with Gasteiger partial charge in [0.1, 0.15) is 5.75 Å². The van der Waals surface area contributed by atoms with Crippen LogP contribution < -0.4 is 16.2 Å². The lowest BCUT2D eigenvalue weighted by molar-refractivity contribution is -0.0506. The first-order valence-corrected chi connectivity index (χ1v) is 4.14. The van der Waals surface area contributed by atoms with E-state index in [2.05, 4.69) is 4.74 Å². The second-order valence-corrected chi connectivity index (χ2v) is 2.76. The molecule has 1 aromatic carbocycles. The zero-order chi connectivity index (χ0) is 10.6. The van der Waals surface area contributed by atoms with Crippen LogP contribution in [0.3, 0.4) is 0 Å². The summed E-state index contributed by atoms with van der Waals surface area (Å²) in [6.07, 6.45) is 0. The van der Waals surface area contributed by atoms with Crippen LogP contribution in [0.5, 0.6) is 5.75 Å². The minimum atomic E-state index is -2.85. The zero-order valence-corrected chi connectivity index (χ0v) is 7.49. The Morgan fingerprint density at radius 2 is 1.93 bits per heavy atom. The van der Waals surface area contributed by atoms with Crippen molar-refractivity contribution in [3.8, 4) is 5.75 Å². The first-order chi connectivity index (χ1) is 6.65. The van der Waals surface area contributed by atoms with Gasteiger partial charge in [-0.2, -0.15) is 8.78 Å². The van der Waals surface area contributed by atoms with Gasteiger partial charge in [0.25, 0.3) is 0 Å². The molecule has 5 heteroatoms. The van der Waals surface area contributed by atoms with Crippen LogP contribution in [-0.4, -0.2) is 13.2 Å². The standard InChI is InChI=1S/C9H12F2N2O/c10-9(11)14-8-4-2-1-3-6(8)7(13)5-12/h1-4,7,9H,5,12-13H2. The predicted octanol–water partition coefficient (Wildman–Crippen LogP) is 1.25. The van der Waals surface area contributed by atoms with Crippen LogP contribution in [0.1, 0.15) is 11.6 Å². The van der Waals surface area contributed by atoms with Gasteiger partial charge < -0.3 is 16.2 Å². The molecule has 1 rings (SSSR count). The topological polar surface area (TPSA) is 61.3 Å². The minimum absolute atomic E-state index is 0.0838. The number of para-hydroxylation sites is 1. The lowest BCUT2D eigenvalue weighted by Gasteiger charge is -2.14. The number of ether oxygens (including phenoxy) is 1. The van der Waals surface area contributed by atoms with E-state index < -0.39 is 12.7 Å². The number of alkyl halides is 2. The Balaban J connectivity index is 2.91. The fourth-order valence-corrected chi connectivity index (χ4v) is 1.12. The summed E-state index contributed by atoms with van der Waals surface area (Å²) in [6, 6.07) is 5.88. The van der Waals surface area contributed by atoms with Gasteiger partial charge in [0, 0.05) is 18.2 Å². The molecular weight excluding hydrogens is 190 g/mol. The van der Waals surface area contributed by atoms with E-state index in [4.69, 9.17) is 11.5 Å². The molecule has 0 radical (unpaired) electrons. The second kappa shape index (κ2) is 4.88. The largest absolute Gasteiger partial charge is 0.434 e. The van der Waals surface area contributed by atoms with E-state index in [0.717, 1.165) is 0 Å². The van der Waals surface area contributed by atoms with Gasteiger partial charge >= 0.3 is 6.61 Å². The minimum Gasteiger partial charge on any atom is -0.434 e. The van der Waals surface area contributed by atoms with Crippen molar-refractivity contribution in [2.24, 2.45) is 11.5 Å². The monoisotopic (exact) mass is 202 g/mol. The Morgan fingerprint density at radius 3 is 2.50 bits per heavy atom. The third-order valence-corrected chi connectivity index (χ3v) is 1.79. The Kier molecular flexibility index (Phi) is 3.79. The molecule has 0 fully saturated rings. The Bertz CT molecular complexity index is 294. The average molecular weight is 202 g/mol. The number of hydrogen-bond donors (Lipinski definition) is 2. The number of benzene rings is 1. The second-order valence-electron chi connectivity index (χ2n) is 2.76. The van der Waals surface area contributed by atoms with Gasteiger partial charge in [0.05, 0.1) is 0 Å². The summed E-state index contributed by atoms with van der Waals surface area (Å²) >= 11 is 0. The summed E-state index contributed by atoms with van der Waals surface area (Å²) in [5.41, 5.74) is 11.5. The van der Waals surface area contributed by atoms with E-state index in [0.29, 0.717) is 5.56 Å². The molecule has 14 heavy (non-hydrogen) atoms. The summed E-state index contributed by atoms with van der Waals surface area (Å²) in [4.78, 5) is 0. The van der Waals surface area contributed by atoms with Gasteiger partial charge in [-0.1, -0.05) is 18.2 Å². The zero-order valence-electron chi connectivity index (χ0n) is 7.49. The van der Waals surface area contributed by atoms with Gasteiger partial charge in [0.2, 0.25) is 0 Å². The van der Waals surface area contributed by atoms with Gasteiger partial charge in [0.15, 0.2) is 0 Å². The van der Waals surface area contributed by atoms with Crippen LogP contribution in [0.2, 0.25) is 0 Å². The molecule has 0 aliphatic heterocycles. The molecule has 1 unspecified atom stereocenters. The van der Waals surface area contributed by atoms with Crippen LogP contribution in [-0.2, 0) is 0 Å². The van der Waals surface area contributed by atoms with E-state index in [9.17, 15) is 8.78 Å². The van der Waals surface area contributed by atoms with Gasteiger partial charge in [-0.3, -0.25) is 0 Å². The maximum Gasteiger partial charge on any atom is 0.387 e. The first kappa shape index (κ1) is 10.9. The van der Waals surface area contributed by atoms with Crippen LogP contribution in [0, 0.1) is 0 Å². The molecule has 3 nitrogen and oxygen atoms in total. The van der Waals surface area contributed by atoms with Crippen LogP contribution in [0.15, 0.2) is 24.3 Å². The molecule has 78 valence electrons. The Morgan fingerprint density at radius 1 is 1.29 bits per heavy atom. The lowest BCUT2D eigenvalue weighted by atomic mass is 10.1. The SMILES string of the molecule is NCC(N)c1ccccc1OC(F)F. The number of rotatable bonds is 4. The van der Waals surface area contributed by atoms with Crippen molar-refractivity contribution in [2.45, 2.75) is 12.7 Å². The molecule has 0 amide bonds. The van der Waals surface area contributed by atoms with Gasteiger partial charge in [-0.05, 0) is 6.07 Å². The highest BCUT2D eigenvalue weighted by Crippen LogP contribution is 2.24. The molecule has 0 bridgehead atoms. The fourth-order valence-electron chi connectivity index (χ4n) is 1.12. The quantitative estimate of drug-likeness (QED) is 0.772. The van der Waals surface area contributed by atoms with E-state index in [1.54, 1.807) is 18.2 Å². The maximum absolute atomic E-state index is 12.0. The van der Waals surface area contributed by atoms with Gasteiger partial charge in [-0.15, -0.1) is 0 Å². The molecular formula is C9H12F2N2O. The van der Waals surface area contributed by atoms with E-state index in [1.165, 1.54) is 6.07 Å². The van der Waals surface area contributed by atoms with Crippen molar-refractivity contribution in [3.05, 3.63) is 29.8 Å². The Labute approximate surface area is 80.7 Å². The van der Waals surface area contributed by atoms with E-state index in [-0.39, 0.29) is 12.3 Å². The van der Waals surface area contributed by atoms with Crippen molar-refractivity contribution in [3.63, 3.8) is 0 Å². The average Bonchev–Trinajstić information content (AvgIpc) is 2.16. The number of halogens is 2.